The van der Waals surface area contributed by atoms with E-state index in [0.29, 0.717) is 0 Å². The zero-order valence-electron chi connectivity index (χ0n) is 12.7. The zero-order chi connectivity index (χ0) is 17.4. The molecule has 0 amide bonds. The van der Waals surface area contributed by atoms with Gasteiger partial charge in [-0.05, 0) is 6.92 Å². The van der Waals surface area contributed by atoms with Crippen LogP contribution in [0.2, 0.25) is 0 Å². The first-order valence-corrected chi connectivity index (χ1v) is 8.09. The Morgan fingerprint density at radius 1 is 1.22 bits per heavy atom. The van der Waals surface area contributed by atoms with Crippen LogP contribution in [0.4, 0.5) is 0 Å². The molecule has 0 aliphatic rings. The molecule has 2 aromatic heterocycles. The summed E-state index contributed by atoms with van der Waals surface area (Å²) in [6, 6.07) is 0.0241. The summed E-state index contributed by atoms with van der Waals surface area (Å²) in [5, 5.41) is 0. The van der Waals surface area contributed by atoms with E-state index in [1.165, 1.54) is 23.2 Å². The van der Waals surface area contributed by atoms with E-state index in [4.69, 9.17) is 4.74 Å². The molecule has 0 aromatic carbocycles. The smallest absolute Gasteiger partial charge is 0.332 e. The Bertz CT molecular complexity index is 890. The van der Waals surface area contributed by atoms with Crippen molar-refractivity contribution in [2.45, 2.75) is 13.5 Å². The molecule has 0 spiro atoms. The van der Waals surface area contributed by atoms with Crippen molar-refractivity contribution in [3.63, 3.8) is 0 Å². The van der Waals surface area contributed by atoms with Gasteiger partial charge < -0.3 is 23.6 Å². The third-order valence-corrected chi connectivity index (χ3v) is 3.65. The number of ether oxygens (including phenoxy) is 1. The summed E-state index contributed by atoms with van der Waals surface area (Å²) in [4.78, 5) is 49.4. The van der Waals surface area contributed by atoms with Crippen LogP contribution in [0.15, 0.2) is 9.59 Å². The van der Waals surface area contributed by atoms with E-state index in [1.807, 2.05) is 0 Å². The van der Waals surface area contributed by atoms with Crippen LogP contribution in [-0.2, 0) is 29.7 Å². The molecular weight excluding hydrogens is 331 g/mol. The van der Waals surface area contributed by atoms with E-state index in [9.17, 15) is 23.9 Å². The highest BCUT2D eigenvalue weighted by Crippen LogP contribution is 2.25. The van der Waals surface area contributed by atoms with Crippen molar-refractivity contribution in [2.75, 3.05) is 13.2 Å². The third kappa shape index (κ3) is 3.37. The Kier molecular flexibility index (Phi) is 4.76. The minimum atomic E-state index is -5.13. The average molecular weight is 346 g/mol. The average Bonchev–Trinajstić information content (AvgIpc) is 2.81. The van der Waals surface area contributed by atoms with Gasteiger partial charge in [-0.2, -0.15) is 4.98 Å². The molecule has 2 aromatic rings. The van der Waals surface area contributed by atoms with Gasteiger partial charge >= 0.3 is 5.69 Å². The number of imidazole rings is 1. The van der Waals surface area contributed by atoms with Gasteiger partial charge in [0.15, 0.2) is 11.2 Å². The molecule has 0 bridgehead atoms. The lowest BCUT2D eigenvalue weighted by Gasteiger charge is -2.28. The molecule has 0 aliphatic heterocycles. The molecule has 23 heavy (non-hydrogen) atoms. The van der Waals surface area contributed by atoms with Crippen LogP contribution in [0.25, 0.3) is 11.2 Å². The van der Waals surface area contributed by atoms with Gasteiger partial charge in [0.25, 0.3) is 11.6 Å². The number of aromatic nitrogens is 4. The maximum Gasteiger partial charge on any atom is 0.332 e. The van der Waals surface area contributed by atoms with Crippen LogP contribution < -0.4 is 25.8 Å². The molecule has 12 heteroatoms. The van der Waals surface area contributed by atoms with Crippen LogP contribution in [0.5, 0.6) is 6.01 Å². The van der Waals surface area contributed by atoms with Gasteiger partial charge in [0.05, 0.1) is 27.6 Å². The van der Waals surface area contributed by atoms with E-state index in [0.717, 1.165) is 4.57 Å². The summed E-state index contributed by atoms with van der Waals surface area (Å²) in [5.74, 6) is 0. The van der Waals surface area contributed by atoms with Gasteiger partial charge in [-0.25, -0.2) is 4.79 Å². The minimum absolute atomic E-state index is 0.0241. The van der Waals surface area contributed by atoms with Crippen LogP contribution in [0.3, 0.4) is 0 Å². The number of phosphoric acid groups is 1. The lowest BCUT2D eigenvalue weighted by Crippen LogP contribution is -2.37. The molecule has 2 heterocycles. The monoisotopic (exact) mass is 346 g/mol. The van der Waals surface area contributed by atoms with Crippen LogP contribution in [0.1, 0.15) is 6.92 Å². The van der Waals surface area contributed by atoms with Crippen molar-refractivity contribution >= 4 is 19.0 Å². The number of hydrogen-bond donors (Lipinski definition) is 0. The van der Waals surface area contributed by atoms with Crippen LogP contribution >= 0.6 is 7.82 Å². The Morgan fingerprint density at radius 2 is 1.87 bits per heavy atom. The normalized spacial score (nSPS) is 12.0. The van der Waals surface area contributed by atoms with Gasteiger partial charge in [0.2, 0.25) is 0 Å². The second-order valence-electron chi connectivity index (χ2n) is 4.64. The minimum Gasteiger partial charge on any atom is -0.790 e. The van der Waals surface area contributed by atoms with E-state index < -0.39 is 25.7 Å². The summed E-state index contributed by atoms with van der Waals surface area (Å²) < 4.78 is 23.3. The lowest BCUT2D eigenvalue weighted by atomic mass is 10.5. The van der Waals surface area contributed by atoms with Gasteiger partial charge in [-0.3, -0.25) is 18.5 Å². The molecule has 0 saturated heterocycles. The maximum absolute atomic E-state index is 12.3. The first-order chi connectivity index (χ1) is 10.7. The zero-order valence-corrected chi connectivity index (χ0v) is 13.6. The Morgan fingerprint density at radius 3 is 2.43 bits per heavy atom. The van der Waals surface area contributed by atoms with Crippen molar-refractivity contribution < 1.29 is 23.6 Å². The predicted octanol–water partition coefficient (Wildman–Crippen LogP) is -2.32. The van der Waals surface area contributed by atoms with Crippen molar-refractivity contribution in [3.05, 3.63) is 20.8 Å². The molecule has 0 fully saturated rings. The van der Waals surface area contributed by atoms with Gasteiger partial charge in [0.1, 0.15) is 0 Å². The second kappa shape index (κ2) is 6.28. The highest BCUT2D eigenvalue weighted by Gasteiger charge is 2.19. The Labute approximate surface area is 129 Å². The quantitative estimate of drug-likeness (QED) is 0.530. The third-order valence-electron chi connectivity index (χ3n) is 3.15. The van der Waals surface area contributed by atoms with Crippen molar-refractivity contribution in [1.29, 1.82) is 0 Å². The first kappa shape index (κ1) is 17.4. The summed E-state index contributed by atoms with van der Waals surface area (Å²) >= 11 is 0. The van der Waals surface area contributed by atoms with Crippen LogP contribution in [-0.4, -0.2) is 31.9 Å². The highest BCUT2D eigenvalue weighted by atomic mass is 31.2. The number of nitrogens with zero attached hydrogens (tertiary/aromatic N) is 4. The van der Waals surface area contributed by atoms with E-state index in [1.54, 1.807) is 6.92 Å². The van der Waals surface area contributed by atoms with Crippen molar-refractivity contribution in [1.82, 2.24) is 18.7 Å². The van der Waals surface area contributed by atoms with E-state index in [2.05, 4.69) is 9.51 Å². The Balaban J connectivity index is 2.60. The first-order valence-electron chi connectivity index (χ1n) is 6.63. The summed E-state index contributed by atoms with van der Waals surface area (Å²) in [6.07, 6.45) is 0. The Hall–Kier alpha value is -1.94. The standard InChI is InChI=1S/C11H17N4O7P/c1-4-21-10-12-8-7(9(16)14(3)11(17)13(8)2)15(10)5-6-22-23(18,19)20/h4-6H2,1-3H3,(H2,18,19,20)/p-2. The summed E-state index contributed by atoms with van der Waals surface area (Å²) in [7, 11) is -2.38. The van der Waals surface area contributed by atoms with Gasteiger partial charge in [-0.1, -0.05) is 0 Å². The summed E-state index contributed by atoms with van der Waals surface area (Å²) in [5.41, 5.74) is -1.04. The van der Waals surface area contributed by atoms with Gasteiger partial charge in [-0.15, -0.1) is 0 Å². The number of rotatable bonds is 6. The molecule has 128 valence electrons. The molecule has 0 radical (unpaired) electrons. The molecule has 0 N–H and O–H groups in total. The number of hydrogen-bond acceptors (Lipinski definition) is 8. The van der Waals surface area contributed by atoms with Crippen molar-refractivity contribution in [3.8, 4) is 6.01 Å². The fraction of sp³-hybridized carbons (Fsp3) is 0.545. The molecule has 0 unspecified atom stereocenters. The molecule has 0 atom stereocenters. The van der Waals surface area contributed by atoms with Crippen molar-refractivity contribution in [2.24, 2.45) is 14.1 Å². The fourth-order valence-electron chi connectivity index (χ4n) is 2.12. The summed E-state index contributed by atoms with van der Waals surface area (Å²) in [6.45, 7) is 1.29. The number of aryl methyl sites for hydroxylation is 1. The number of phosphoric ester groups is 1. The lowest BCUT2D eigenvalue weighted by molar-refractivity contribution is -0.341. The topological polar surface area (TPSA) is 143 Å². The molecule has 11 nitrogen and oxygen atoms in total. The molecule has 0 saturated carbocycles. The highest BCUT2D eigenvalue weighted by molar-refractivity contribution is 7.43. The predicted molar refractivity (Wildman–Crippen MR) is 74.9 cm³/mol. The van der Waals surface area contributed by atoms with E-state index >= 15 is 0 Å². The maximum atomic E-state index is 12.3. The van der Waals surface area contributed by atoms with E-state index in [-0.39, 0.29) is 30.3 Å². The second-order valence-corrected chi connectivity index (χ2v) is 5.79. The largest absolute Gasteiger partial charge is 0.790 e. The molecule has 0 aliphatic carbocycles. The molecular formula is C11H15N4O7P-2. The fourth-order valence-corrected chi connectivity index (χ4v) is 2.42. The van der Waals surface area contributed by atoms with Crippen LogP contribution in [0, 0.1) is 0 Å². The number of fused-ring (bicyclic) bond motifs is 1. The molecule has 2 rings (SSSR count). The van der Waals surface area contributed by atoms with Gasteiger partial charge in [0, 0.05) is 14.1 Å². The SMILES string of the molecule is CCOc1nc2c(c(=O)n(C)c(=O)n2C)n1CCOP(=O)([O-])[O-].